The smallest absolute Gasteiger partial charge is 0.272 e. The molecule has 0 saturated heterocycles. The van der Waals surface area contributed by atoms with E-state index < -0.39 is 16.7 Å². The lowest BCUT2D eigenvalue weighted by Crippen LogP contribution is -2.30. The fourth-order valence-electron chi connectivity index (χ4n) is 2.60. The van der Waals surface area contributed by atoms with E-state index in [4.69, 9.17) is 0 Å². The highest BCUT2D eigenvalue weighted by Gasteiger charge is 2.16. The molecule has 0 aliphatic heterocycles. The van der Waals surface area contributed by atoms with Crippen LogP contribution in [0.1, 0.15) is 15.9 Å². The number of nitrogens with zero attached hydrogens (tertiary/aromatic N) is 1. The number of hydrogen-bond acceptors (Lipinski definition) is 4. The molecule has 0 aromatic heterocycles. The molecule has 2 N–H and O–H groups in total. The molecule has 0 bridgehead atoms. The molecule has 0 fully saturated rings. The van der Waals surface area contributed by atoms with Crippen molar-refractivity contribution in [3.8, 4) is 0 Å². The summed E-state index contributed by atoms with van der Waals surface area (Å²) >= 11 is 3.31. The summed E-state index contributed by atoms with van der Waals surface area (Å²) in [4.78, 5) is 36.0. The second-order valence-corrected chi connectivity index (χ2v) is 7.11. The summed E-state index contributed by atoms with van der Waals surface area (Å²) in [6, 6.07) is 21.2. The molecule has 3 rings (SSSR count). The van der Waals surface area contributed by atoms with Gasteiger partial charge >= 0.3 is 0 Å². The third-order valence-corrected chi connectivity index (χ3v) is 4.50. The number of para-hydroxylation sites is 1. The molecule has 0 atom stereocenters. The molecule has 2 amide bonds. The highest BCUT2D eigenvalue weighted by atomic mass is 79.9. The van der Waals surface area contributed by atoms with Crippen LogP contribution < -0.4 is 10.6 Å². The molecule has 8 heteroatoms. The van der Waals surface area contributed by atoms with Gasteiger partial charge in [-0.25, -0.2) is 0 Å². The second kappa shape index (κ2) is 9.62. The molecule has 0 saturated carbocycles. The molecule has 0 spiro atoms. The predicted molar refractivity (Wildman–Crippen MR) is 118 cm³/mol. The maximum atomic E-state index is 12.8. The van der Waals surface area contributed by atoms with Gasteiger partial charge in [-0.1, -0.05) is 52.3 Å². The van der Waals surface area contributed by atoms with Crippen LogP contribution in [0.4, 0.5) is 11.4 Å². The SMILES string of the molecule is O=C(Nc1ccccc1)/C(=C\c1cccc([N+](=O)[O-])c1)NC(=O)c1cccc(Br)c1. The zero-order valence-electron chi connectivity index (χ0n) is 15.5. The number of nitrogens with one attached hydrogen (secondary N) is 2. The van der Waals surface area contributed by atoms with Crippen LogP contribution in [-0.4, -0.2) is 16.7 Å². The van der Waals surface area contributed by atoms with E-state index >= 15 is 0 Å². The normalized spacial score (nSPS) is 10.9. The van der Waals surface area contributed by atoms with Crippen molar-refractivity contribution in [3.63, 3.8) is 0 Å². The van der Waals surface area contributed by atoms with E-state index in [1.54, 1.807) is 54.6 Å². The van der Waals surface area contributed by atoms with Gasteiger partial charge in [-0.2, -0.15) is 0 Å². The summed E-state index contributed by atoms with van der Waals surface area (Å²) in [6.07, 6.45) is 1.39. The van der Waals surface area contributed by atoms with Crippen LogP contribution in [0, 0.1) is 10.1 Å². The van der Waals surface area contributed by atoms with Crippen LogP contribution in [0.2, 0.25) is 0 Å². The van der Waals surface area contributed by atoms with Gasteiger partial charge in [0.15, 0.2) is 0 Å². The molecule has 30 heavy (non-hydrogen) atoms. The first-order valence-electron chi connectivity index (χ1n) is 8.82. The maximum absolute atomic E-state index is 12.8. The summed E-state index contributed by atoms with van der Waals surface area (Å²) in [5.74, 6) is -1.05. The van der Waals surface area contributed by atoms with Gasteiger partial charge in [0.1, 0.15) is 5.70 Å². The highest BCUT2D eigenvalue weighted by molar-refractivity contribution is 9.10. The first kappa shape index (κ1) is 20.9. The quantitative estimate of drug-likeness (QED) is 0.311. The number of nitro groups is 1. The largest absolute Gasteiger partial charge is 0.321 e. The third-order valence-electron chi connectivity index (χ3n) is 4.00. The Morgan fingerprint density at radius 1 is 0.933 bits per heavy atom. The van der Waals surface area contributed by atoms with Gasteiger partial charge in [0.25, 0.3) is 17.5 Å². The van der Waals surface area contributed by atoms with Gasteiger partial charge in [-0.3, -0.25) is 19.7 Å². The van der Waals surface area contributed by atoms with Crippen molar-refractivity contribution < 1.29 is 14.5 Å². The van der Waals surface area contributed by atoms with Crippen LogP contribution in [0.25, 0.3) is 6.08 Å². The predicted octanol–water partition coefficient (Wildman–Crippen LogP) is 4.77. The lowest BCUT2D eigenvalue weighted by molar-refractivity contribution is -0.384. The van der Waals surface area contributed by atoms with Gasteiger partial charge in [-0.15, -0.1) is 0 Å². The standard InChI is InChI=1S/C22H16BrN3O4/c23-17-8-5-7-16(14-17)21(27)25-20(22(28)24-18-9-2-1-3-10-18)13-15-6-4-11-19(12-15)26(29)30/h1-14H,(H,24,28)(H,25,27)/b20-13+. The van der Waals surface area contributed by atoms with Gasteiger partial charge in [-0.05, 0) is 42.0 Å². The highest BCUT2D eigenvalue weighted by Crippen LogP contribution is 2.17. The zero-order valence-corrected chi connectivity index (χ0v) is 17.1. The Hall–Kier alpha value is -3.78. The lowest BCUT2D eigenvalue weighted by Gasteiger charge is -2.11. The summed E-state index contributed by atoms with van der Waals surface area (Å²) in [6.45, 7) is 0. The summed E-state index contributed by atoms with van der Waals surface area (Å²) in [7, 11) is 0. The molecular weight excluding hydrogens is 450 g/mol. The van der Waals surface area contributed by atoms with Crippen molar-refractivity contribution in [1.29, 1.82) is 0 Å². The van der Waals surface area contributed by atoms with Crippen molar-refractivity contribution in [2.24, 2.45) is 0 Å². The summed E-state index contributed by atoms with van der Waals surface area (Å²) < 4.78 is 0.716. The van der Waals surface area contributed by atoms with Crippen LogP contribution in [-0.2, 0) is 4.79 Å². The second-order valence-electron chi connectivity index (χ2n) is 6.19. The summed E-state index contributed by atoms with van der Waals surface area (Å²) in [5.41, 5.74) is 1.12. The third kappa shape index (κ3) is 5.62. The number of hydrogen-bond donors (Lipinski definition) is 2. The Morgan fingerprint density at radius 3 is 2.37 bits per heavy atom. The maximum Gasteiger partial charge on any atom is 0.272 e. The fraction of sp³-hybridized carbons (Fsp3) is 0. The number of carbonyl (C=O) groups is 2. The van der Waals surface area contributed by atoms with E-state index in [0.717, 1.165) is 0 Å². The minimum absolute atomic E-state index is 0.0515. The minimum atomic E-state index is -0.559. The zero-order chi connectivity index (χ0) is 21.5. The first-order valence-corrected chi connectivity index (χ1v) is 9.61. The van der Waals surface area contributed by atoms with Crippen molar-refractivity contribution >= 4 is 45.2 Å². The molecule has 7 nitrogen and oxygen atoms in total. The monoisotopic (exact) mass is 465 g/mol. The van der Waals surface area contributed by atoms with Gasteiger partial charge in [0.2, 0.25) is 0 Å². The minimum Gasteiger partial charge on any atom is -0.321 e. The number of nitro benzene ring substituents is 1. The Morgan fingerprint density at radius 2 is 1.67 bits per heavy atom. The van der Waals surface area contributed by atoms with Crippen LogP contribution in [0.3, 0.4) is 0 Å². The number of carbonyl (C=O) groups excluding carboxylic acids is 2. The van der Waals surface area contributed by atoms with Crippen LogP contribution in [0.5, 0.6) is 0 Å². The average molecular weight is 466 g/mol. The van der Waals surface area contributed by atoms with E-state index in [2.05, 4.69) is 26.6 Å². The van der Waals surface area contributed by atoms with Crippen molar-refractivity contribution in [2.45, 2.75) is 0 Å². The number of anilines is 1. The Labute approximate surface area is 180 Å². The Bertz CT molecular complexity index is 1130. The van der Waals surface area contributed by atoms with Crippen molar-refractivity contribution in [2.75, 3.05) is 5.32 Å². The van der Waals surface area contributed by atoms with Crippen molar-refractivity contribution in [1.82, 2.24) is 5.32 Å². The van der Waals surface area contributed by atoms with Crippen LogP contribution >= 0.6 is 15.9 Å². The molecule has 0 unspecified atom stereocenters. The van der Waals surface area contributed by atoms with E-state index in [1.807, 2.05) is 6.07 Å². The first-order chi connectivity index (χ1) is 14.4. The van der Waals surface area contributed by atoms with Gasteiger partial charge in [0.05, 0.1) is 4.92 Å². The van der Waals surface area contributed by atoms with E-state index in [0.29, 0.717) is 21.3 Å². The summed E-state index contributed by atoms with van der Waals surface area (Å²) in [5, 5.41) is 16.3. The number of amides is 2. The molecule has 3 aromatic rings. The molecule has 0 heterocycles. The fourth-order valence-corrected chi connectivity index (χ4v) is 3.00. The van der Waals surface area contributed by atoms with E-state index in [9.17, 15) is 19.7 Å². The topological polar surface area (TPSA) is 101 Å². The Balaban J connectivity index is 1.93. The number of non-ortho nitro benzene ring substituents is 1. The number of rotatable bonds is 6. The number of benzene rings is 3. The molecule has 0 aliphatic carbocycles. The van der Waals surface area contributed by atoms with E-state index in [1.165, 1.54) is 24.3 Å². The van der Waals surface area contributed by atoms with Crippen LogP contribution in [0.15, 0.2) is 89.0 Å². The molecule has 3 aromatic carbocycles. The molecule has 150 valence electrons. The van der Waals surface area contributed by atoms with Gasteiger partial charge in [0, 0.05) is 27.9 Å². The van der Waals surface area contributed by atoms with Crippen molar-refractivity contribution in [3.05, 3.63) is 110 Å². The molecule has 0 aliphatic rings. The average Bonchev–Trinajstić information content (AvgIpc) is 2.74. The van der Waals surface area contributed by atoms with E-state index in [-0.39, 0.29) is 11.4 Å². The lowest BCUT2D eigenvalue weighted by atomic mass is 10.1. The number of halogens is 1. The Kier molecular flexibility index (Phi) is 6.71. The van der Waals surface area contributed by atoms with Gasteiger partial charge < -0.3 is 10.6 Å². The molecule has 0 radical (unpaired) electrons. The molecular formula is C22H16BrN3O4.